The molecule has 1 rings (SSSR count). The van der Waals surface area contributed by atoms with Gasteiger partial charge in [-0.1, -0.05) is 29.5 Å². The molecule has 0 aromatic heterocycles. The first-order valence-electron chi connectivity index (χ1n) is 4.44. The second-order valence-electron chi connectivity index (χ2n) is 4.78. The largest absolute Gasteiger partial charge is 0.312 e. The molecule has 1 fully saturated rings. The summed E-state index contributed by atoms with van der Waals surface area (Å²) in [4.78, 5) is 0. The Labute approximate surface area is 88.4 Å². The van der Waals surface area contributed by atoms with Crippen molar-refractivity contribution in [2.24, 2.45) is 5.92 Å². The van der Waals surface area contributed by atoms with Gasteiger partial charge in [0.1, 0.15) is 0 Å². The van der Waals surface area contributed by atoms with E-state index in [0.717, 1.165) is 12.8 Å². The predicted octanol–water partition coefficient (Wildman–Crippen LogP) is 3.04. The van der Waals surface area contributed by atoms with E-state index in [4.69, 9.17) is 0 Å². The molecule has 0 saturated carbocycles. The molecule has 1 saturated heterocycles. The molecule has 0 bridgehead atoms. The first-order chi connectivity index (χ1) is 5.26. The average Bonchev–Trinajstić information content (AvgIpc) is 1.80. The van der Waals surface area contributed by atoms with Crippen molar-refractivity contribution >= 4 is 22.6 Å². The van der Waals surface area contributed by atoms with E-state index < -0.39 is 0 Å². The topological polar surface area (TPSA) is 23.5 Å². The standard InChI is InChI=1S/C9H18INO/c1-7-5-8(2,3)11(12)9(4,10)6-7/h7,12H,5-6H2,1-4H3. The minimum absolute atomic E-state index is 0.0758. The van der Waals surface area contributed by atoms with Crippen LogP contribution in [0.3, 0.4) is 0 Å². The highest BCUT2D eigenvalue weighted by Crippen LogP contribution is 2.43. The SMILES string of the molecule is CC1CC(C)(C)N(O)C(C)(I)C1. The van der Waals surface area contributed by atoms with E-state index in [2.05, 4.69) is 50.3 Å². The third-order valence-electron chi connectivity index (χ3n) is 2.58. The minimum Gasteiger partial charge on any atom is -0.312 e. The third kappa shape index (κ3) is 1.93. The lowest BCUT2D eigenvalue weighted by Crippen LogP contribution is -2.56. The van der Waals surface area contributed by atoms with Gasteiger partial charge in [0.05, 0.1) is 3.55 Å². The number of alkyl halides is 1. The summed E-state index contributed by atoms with van der Waals surface area (Å²) in [6.45, 7) is 8.54. The van der Waals surface area contributed by atoms with Crippen LogP contribution in [0.2, 0.25) is 0 Å². The molecule has 12 heavy (non-hydrogen) atoms. The lowest BCUT2D eigenvalue weighted by molar-refractivity contribution is -0.220. The van der Waals surface area contributed by atoms with E-state index in [1.807, 2.05) is 0 Å². The first-order valence-corrected chi connectivity index (χ1v) is 5.52. The summed E-state index contributed by atoms with van der Waals surface area (Å²) >= 11 is 2.33. The molecular formula is C9H18INO. The minimum atomic E-state index is -0.0983. The van der Waals surface area contributed by atoms with Crippen LogP contribution in [0.4, 0.5) is 0 Å². The van der Waals surface area contributed by atoms with E-state index in [9.17, 15) is 5.21 Å². The van der Waals surface area contributed by atoms with Crippen LogP contribution in [0.5, 0.6) is 0 Å². The molecule has 0 spiro atoms. The molecule has 0 aromatic carbocycles. The van der Waals surface area contributed by atoms with Crippen LogP contribution in [0.25, 0.3) is 0 Å². The number of nitrogens with zero attached hydrogens (tertiary/aromatic N) is 1. The maximum Gasteiger partial charge on any atom is 0.0950 e. The summed E-state index contributed by atoms with van der Waals surface area (Å²) in [6.07, 6.45) is 2.13. The summed E-state index contributed by atoms with van der Waals surface area (Å²) in [5.41, 5.74) is -0.0758. The summed E-state index contributed by atoms with van der Waals surface area (Å²) in [7, 11) is 0. The summed E-state index contributed by atoms with van der Waals surface area (Å²) in [5, 5.41) is 11.4. The third-order valence-corrected chi connectivity index (χ3v) is 3.48. The van der Waals surface area contributed by atoms with Gasteiger partial charge in [-0.25, -0.2) is 0 Å². The second-order valence-corrected chi connectivity index (χ2v) is 7.10. The fraction of sp³-hybridized carbons (Fsp3) is 1.00. The fourth-order valence-electron chi connectivity index (χ4n) is 2.36. The van der Waals surface area contributed by atoms with E-state index in [1.165, 1.54) is 5.06 Å². The van der Waals surface area contributed by atoms with Gasteiger partial charge < -0.3 is 5.21 Å². The van der Waals surface area contributed by atoms with Crippen molar-refractivity contribution in [3.05, 3.63) is 0 Å². The highest BCUT2D eigenvalue weighted by Gasteiger charge is 2.44. The van der Waals surface area contributed by atoms with E-state index >= 15 is 0 Å². The molecule has 0 radical (unpaired) electrons. The van der Waals surface area contributed by atoms with E-state index in [1.54, 1.807) is 0 Å². The number of rotatable bonds is 0. The zero-order chi connectivity index (χ0) is 9.57. The van der Waals surface area contributed by atoms with Gasteiger partial charge in [-0.05, 0) is 39.5 Å². The van der Waals surface area contributed by atoms with Crippen LogP contribution in [0.1, 0.15) is 40.5 Å². The van der Waals surface area contributed by atoms with Gasteiger partial charge in [0, 0.05) is 5.54 Å². The van der Waals surface area contributed by atoms with E-state index in [0.29, 0.717) is 5.92 Å². The Morgan fingerprint density at radius 1 is 1.33 bits per heavy atom. The Bertz CT molecular complexity index is 161. The van der Waals surface area contributed by atoms with Crippen LogP contribution in [0, 0.1) is 5.92 Å². The normalized spacial score (nSPS) is 43.0. The zero-order valence-electron chi connectivity index (χ0n) is 8.26. The number of hydrogen-bond donors (Lipinski definition) is 1. The molecule has 2 nitrogen and oxygen atoms in total. The van der Waals surface area contributed by atoms with Crippen molar-refractivity contribution in [2.75, 3.05) is 0 Å². The second kappa shape index (κ2) is 3.10. The number of halogens is 1. The Balaban J connectivity index is 2.84. The highest BCUT2D eigenvalue weighted by molar-refractivity contribution is 14.1. The molecule has 1 aliphatic heterocycles. The molecule has 0 aliphatic carbocycles. The highest BCUT2D eigenvalue weighted by atomic mass is 127. The van der Waals surface area contributed by atoms with Crippen LogP contribution >= 0.6 is 22.6 Å². The molecule has 1 heterocycles. The molecule has 0 amide bonds. The van der Waals surface area contributed by atoms with Gasteiger partial charge in [-0.2, -0.15) is 5.06 Å². The van der Waals surface area contributed by atoms with E-state index in [-0.39, 0.29) is 9.08 Å². The Morgan fingerprint density at radius 2 is 1.83 bits per heavy atom. The van der Waals surface area contributed by atoms with Crippen LogP contribution in [-0.2, 0) is 0 Å². The number of hydroxylamine groups is 2. The first kappa shape index (κ1) is 10.7. The Hall–Kier alpha value is 0.650. The van der Waals surface area contributed by atoms with Crippen LogP contribution in [0.15, 0.2) is 0 Å². The van der Waals surface area contributed by atoms with Crippen molar-refractivity contribution in [1.29, 1.82) is 0 Å². The molecule has 2 unspecified atom stereocenters. The smallest absolute Gasteiger partial charge is 0.0950 e. The van der Waals surface area contributed by atoms with Gasteiger partial charge in [0.25, 0.3) is 0 Å². The van der Waals surface area contributed by atoms with Crippen LogP contribution in [-0.4, -0.2) is 19.4 Å². The van der Waals surface area contributed by atoms with Crippen LogP contribution < -0.4 is 0 Å². The van der Waals surface area contributed by atoms with Crippen molar-refractivity contribution in [3.8, 4) is 0 Å². The molecule has 2 atom stereocenters. The lowest BCUT2D eigenvalue weighted by atomic mass is 9.82. The molecule has 1 N–H and O–H groups in total. The monoisotopic (exact) mass is 283 g/mol. The predicted molar refractivity (Wildman–Crippen MR) is 58.5 cm³/mol. The average molecular weight is 283 g/mol. The molecular weight excluding hydrogens is 265 g/mol. The van der Waals surface area contributed by atoms with Gasteiger partial charge in [-0.3, -0.25) is 0 Å². The maximum absolute atomic E-state index is 9.91. The fourth-order valence-corrected chi connectivity index (χ4v) is 3.77. The van der Waals surface area contributed by atoms with Gasteiger partial charge >= 0.3 is 0 Å². The quantitative estimate of drug-likeness (QED) is 0.419. The maximum atomic E-state index is 9.91. The van der Waals surface area contributed by atoms with Crippen molar-refractivity contribution in [3.63, 3.8) is 0 Å². The van der Waals surface area contributed by atoms with Gasteiger partial charge in [0.2, 0.25) is 0 Å². The summed E-state index contributed by atoms with van der Waals surface area (Å²) in [6, 6.07) is 0. The molecule has 72 valence electrons. The Kier molecular flexibility index (Phi) is 2.77. The van der Waals surface area contributed by atoms with Crippen molar-refractivity contribution in [2.45, 2.75) is 49.6 Å². The summed E-state index contributed by atoms with van der Waals surface area (Å²) in [5.74, 6) is 0.699. The lowest BCUT2D eigenvalue weighted by Gasteiger charge is -2.49. The zero-order valence-corrected chi connectivity index (χ0v) is 10.4. The number of hydrogen-bond acceptors (Lipinski definition) is 2. The van der Waals surface area contributed by atoms with Gasteiger partial charge in [-0.15, -0.1) is 0 Å². The Morgan fingerprint density at radius 3 is 2.25 bits per heavy atom. The molecule has 0 aromatic rings. The molecule has 1 aliphatic rings. The van der Waals surface area contributed by atoms with Crippen molar-refractivity contribution < 1.29 is 5.21 Å². The van der Waals surface area contributed by atoms with Crippen molar-refractivity contribution in [1.82, 2.24) is 5.06 Å². The number of piperidine rings is 1. The summed E-state index contributed by atoms with van der Waals surface area (Å²) < 4.78 is -0.0983. The molecule has 3 heteroatoms. The van der Waals surface area contributed by atoms with Gasteiger partial charge in [0.15, 0.2) is 0 Å².